The van der Waals surface area contributed by atoms with Crippen molar-refractivity contribution in [1.82, 2.24) is 15.2 Å². The molecule has 1 aromatic heterocycles. The van der Waals surface area contributed by atoms with Gasteiger partial charge >= 0.3 is 0 Å². The Morgan fingerprint density at radius 2 is 1.48 bits per heavy atom. The number of hydrogen-bond acceptors (Lipinski definition) is 4. The van der Waals surface area contributed by atoms with Gasteiger partial charge in [0.05, 0.1) is 0 Å². The molecule has 1 atom stereocenters. The van der Waals surface area contributed by atoms with E-state index in [2.05, 4.69) is 15.2 Å². The number of piperazine rings is 1. The van der Waals surface area contributed by atoms with Crippen LogP contribution in [0.5, 0.6) is 0 Å². The average molecular weight is 415 g/mol. The summed E-state index contributed by atoms with van der Waals surface area (Å²) in [5.74, 6) is 0.642. The summed E-state index contributed by atoms with van der Waals surface area (Å²) in [6, 6.07) is 24.0. The van der Waals surface area contributed by atoms with E-state index < -0.39 is 6.04 Å². The van der Waals surface area contributed by atoms with E-state index in [9.17, 15) is 9.59 Å². The molecule has 0 spiro atoms. The Kier molecular flexibility index (Phi) is 6.57. The smallest absolute Gasteiger partial charge is 0.251 e. The third kappa shape index (κ3) is 5.28. The quantitative estimate of drug-likeness (QED) is 0.674. The summed E-state index contributed by atoms with van der Waals surface area (Å²) < 4.78 is 0. The molecule has 1 fully saturated rings. The van der Waals surface area contributed by atoms with E-state index in [1.54, 1.807) is 18.3 Å². The van der Waals surface area contributed by atoms with E-state index >= 15 is 0 Å². The number of carbonyl (C=O) groups excluding carboxylic acids is 2. The number of benzene rings is 2. The van der Waals surface area contributed by atoms with Crippen LogP contribution >= 0.6 is 0 Å². The predicted octanol–water partition coefficient (Wildman–Crippen LogP) is 2.77. The molecule has 0 unspecified atom stereocenters. The Bertz CT molecular complexity index is 988. The van der Waals surface area contributed by atoms with Gasteiger partial charge in [0.15, 0.2) is 0 Å². The summed E-state index contributed by atoms with van der Waals surface area (Å²) in [7, 11) is 0. The van der Waals surface area contributed by atoms with Gasteiger partial charge in [0.25, 0.3) is 5.91 Å². The van der Waals surface area contributed by atoms with Crippen LogP contribution in [0.4, 0.5) is 5.82 Å². The van der Waals surface area contributed by atoms with Gasteiger partial charge in [-0.25, -0.2) is 4.98 Å². The van der Waals surface area contributed by atoms with E-state index in [0.717, 1.165) is 11.4 Å². The van der Waals surface area contributed by atoms with Crippen molar-refractivity contribution in [2.75, 3.05) is 31.1 Å². The molecule has 2 aromatic carbocycles. The number of amides is 2. The highest BCUT2D eigenvalue weighted by molar-refractivity contribution is 5.97. The van der Waals surface area contributed by atoms with Crippen molar-refractivity contribution in [3.05, 3.63) is 96.2 Å². The Hall–Kier alpha value is -3.67. The number of carbonyl (C=O) groups is 2. The molecular formula is C25H26N4O2. The first-order chi connectivity index (χ1) is 15.2. The fourth-order valence-corrected chi connectivity index (χ4v) is 3.80. The topological polar surface area (TPSA) is 65.5 Å². The number of pyridine rings is 1. The zero-order chi connectivity index (χ0) is 21.5. The zero-order valence-electron chi connectivity index (χ0n) is 17.4. The molecule has 1 saturated heterocycles. The fraction of sp³-hybridized carbons (Fsp3) is 0.240. The maximum atomic E-state index is 13.4. The van der Waals surface area contributed by atoms with Crippen molar-refractivity contribution in [2.45, 2.75) is 12.5 Å². The molecule has 6 heteroatoms. The van der Waals surface area contributed by atoms with Crippen molar-refractivity contribution in [3.8, 4) is 0 Å². The van der Waals surface area contributed by atoms with Crippen LogP contribution in [-0.4, -0.2) is 53.9 Å². The maximum absolute atomic E-state index is 13.4. The fourth-order valence-electron chi connectivity index (χ4n) is 3.80. The lowest BCUT2D eigenvalue weighted by atomic mass is 10.0. The molecule has 6 nitrogen and oxygen atoms in total. The number of nitrogens with one attached hydrogen (secondary N) is 1. The highest BCUT2D eigenvalue weighted by atomic mass is 16.2. The second-order valence-electron chi connectivity index (χ2n) is 7.58. The number of nitrogens with zero attached hydrogens (tertiary/aromatic N) is 3. The standard InChI is InChI=1S/C25H26N4O2/c30-24(21-11-5-2-6-12-21)27-22(19-20-9-3-1-4-10-20)25(31)29-17-15-28(16-18-29)23-13-7-8-14-26-23/h1-14,22H,15-19H2,(H,27,30)/t22-/m1/s1. The maximum Gasteiger partial charge on any atom is 0.251 e. The molecule has 31 heavy (non-hydrogen) atoms. The number of anilines is 1. The molecule has 0 radical (unpaired) electrons. The van der Waals surface area contributed by atoms with E-state index in [-0.39, 0.29) is 11.8 Å². The first kappa shape index (κ1) is 20.6. The van der Waals surface area contributed by atoms with Crippen LogP contribution in [0.1, 0.15) is 15.9 Å². The monoisotopic (exact) mass is 414 g/mol. The summed E-state index contributed by atoms with van der Waals surface area (Å²) in [5.41, 5.74) is 1.56. The van der Waals surface area contributed by atoms with Gasteiger partial charge in [0.1, 0.15) is 11.9 Å². The molecule has 2 heterocycles. The highest BCUT2D eigenvalue weighted by Crippen LogP contribution is 2.14. The molecule has 3 aromatic rings. The summed E-state index contributed by atoms with van der Waals surface area (Å²) in [4.78, 5) is 34.6. The molecule has 1 aliphatic rings. The minimum Gasteiger partial charge on any atom is -0.353 e. The van der Waals surface area contributed by atoms with Crippen molar-refractivity contribution in [3.63, 3.8) is 0 Å². The lowest BCUT2D eigenvalue weighted by Crippen LogP contribution is -2.55. The first-order valence-corrected chi connectivity index (χ1v) is 10.6. The summed E-state index contributed by atoms with van der Waals surface area (Å²) in [6.45, 7) is 2.63. The predicted molar refractivity (Wildman–Crippen MR) is 121 cm³/mol. The minimum absolute atomic E-state index is 0.0474. The average Bonchev–Trinajstić information content (AvgIpc) is 2.85. The van der Waals surface area contributed by atoms with Crippen LogP contribution in [0.2, 0.25) is 0 Å². The van der Waals surface area contributed by atoms with Crippen molar-refractivity contribution in [2.24, 2.45) is 0 Å². The minimum atomic E-state index is -0.614. The van der Waals surface area contributed by atoms with Gasteiger partial charge in [0.2, 0.25) is 5.91 Å². The second-order valence-corrected chi connectivity index (χ2v) is 7.58. The molecule has 0 aliphatic carbocycles. The summed E-state index contributed by atoms with van der Waals surface area (Å²) in [5, 5.41) is 2.97. The Labute approximate surface area is 182 Å². The van der Waals surface area contributed by atoms with Crippen molar-refractivity contribution < 1.29 is 9.59 Å². The van der Waals surface area contributed by atoms with Crippen LogP contribution in [-0.2, 0) is 11.2 Å². The number of rotatable bonds is 6. The van der Waals surface area contributed by atoms with Gasteiger partial charge in [-0.2, -0.15) is 0 Å². The lowest BCUT2D eigenvalue weighted by Gasteiger charge is -2.37. The Morgan fingerprint density at radius 1 is 0.839 bits per heavy atom. The zero-order valence-corrected chi connectivity index (χ0v) is 17.4. The van der Waals surface area contributed by atoms with E-state index in [1.165, 1.54) is 0 Å². The normalized spacial score (nSPS) is 14.7. The molecule has 2 amide bonds. The Balaban J connectivity index is 1.45. The van der Waals surface area contributed by atoms with Gasteiger partial charge in [0, 0.05) is 44.4 Å². The van der Waals surface area contributed by atoms with Crippen LogP contribution in [0.25, 0.3) is 0 Å². The lowest BCUT2D eigenvalue weighted by molar-refractivity contribution is -0.133. The SMILES string of the molecule is O=C(N[C@H](Cc1ccccc1)C(=O)N1CCN(c2ccccn2)CC1)c1ccccc1. The van der Waals surface area contributed by atoms with Gasteiger partial charge in [-0.3, -0.25) is 9.59 Å². The van der Waals surface area contributed by atoms with Crippen molar-refractivity contribution >= 4 is 17.6 Å². The van der Waals surface area contributed by atoms with Crippen LogP contribution in [0.15, 0.2) is 85.1 Å². The van der Waals surface area contributed by atoms with Gasteiger partial charge in [-0.1, -0.05) is 54.6 Å². The van der Waals surface area contributed by atoms with Crippen LogP contribution in [0, 0.1) is 0 Å². The molecule has 4 rings (SSSR count). The molecule has 158 valence electrons. The van der Waals surface area contributed by atoms with Gasteiger partial charge < -0.3 is 15.1 Å². The number of aromatic nitrogens is 1. The Morgan fingerprint density at radius 3 is 2.13 bits per heavy atom. The van der Waals surface area contributed by atoms with Gasteiger partial charge in [-0.15, -0.1) is 0 Å². The van der Waals surface area contributed by atoms with Crippen LogP contribution in [0.3, 0.4) is 0 Å². The third-order valence-corrected chi connectivity index (χ3v) is 5.49. The number of hydrogen-bond donors (Lipinski definition) is 1. The van der Waals surface area contributed by atoms with Crippen LogP contribution < -0.4 is 10.2 Å². The summed E-state index contributed by atoms with van der Waals surface area (Å²) >= 11 is 0. The molecule has 0 bridgehead atoms. The van der Waals surface area contributed by atoms with Crippen molar-refractivity contribution in [1.29, 1.82) is 0 Å². The first-order valence-electron chi connectivity index (χ1n) is 10.6. The third-order valence-electron chi connectivity index (χ3n) is 5.49. The molecule has 1 N–H and O–H groups in total. The van der Waals surface area contributed by atoms with E-state index in [4.69, 9.17) is 0 Å². The van der Waals surface area contributed by atoms with Gasteiger partial charge in [-0.05, 0) is 29.8 Å². The molecular weight excluding hydrogens is 388 g/mol. The highest BCUT2D eigenvalue weighted by Gasteiger charge is 2.29. The summed E-state index contributed by atoms with van der Waals surface area (Å²) in [6.07, 6.45) is 2.24. The van der Waals surface area contributed by atoms with E-state index in [1.807, 2.05) is 71.6 Å². The van der Waals surface area contributed by atoms with E-state index in [0.29, 0.717) is 38.2 Å². The molecule has 1 aliphatic heterocycles. The second kappa shape index (κ2) is 9.89. The largest absolute Gasteiger partial charge is 0.353 e. The molecule has 0 saturated carbocycles.